The fourth-order valence-electron chi connectivity index (χ4n) is 3.83. The Balaban J connectivity index is 1.82. The lowest BCUT2D eigenvalue weighted by Crippen LogP contribution is -2.52. The van der Waals surface area contributed by atoms with Crippen molar-refractivity contribution in [2.24, 2.45) is 0 Å². The number of amides is 1. The summed E-state index contributed by atoms with van der Waals surface area (Å²) < 4.78 is 11.6. The van der Waals surface area contributed by atoms with Gasteiger partial charge in [0.25, 0.3) is 0 Å². The Labute approximate surface area is 209 Å². The van der Waals surface area contributed by atoms with Gasteiger partial charge in [-0.25, -0.2) is 9.59 Å². The van der Waals surface area contributed by atoms with E-state index in [4.69, 9.17) is 9.47 Å². The van der Waals surface area contributed by atoms with Gasteiger partial charge >= 0.3 is 11.9 Å². The number of nitrogens with one attached hydrogen (secondary N) is 2. The van der Waals surface area contributed by atoms with Crippen molar-refractivity contribution in [3.8, 4) is 5.75 Å². The molecule has 3 N–H and O–H groups in total. The number of aliphatic carboxylic acids is 1. The topological polar surface area (TPSA) is 127 Å². The standard InChI is InChI=1S/C25H31N3O6S/c1-35-14-11-20(24(30)31)28-23(29)21(15-17-7-3-2-4-8-17)34-22(19-10-6-13-27-19)25(32)33-18-9-5-12-26-16-18/h2-5,7-9,12,16,19-22,27H,6,10-11,13-15H2,1H3,(H,28,29)(H,30,31)/t19-,20-,21?,22?/m0/s1. The van der Waals surface area contributed by atoms with Crippen LogP contribution in [-0.4, -0.2) is 70.8 Å². The molecule has 2 unspecified atom stereocenters. The van der Waals surface area contributed by atoms with Crippen LogP contribution in [0.4, 0.5) is 0 Å². The minimum Gasteiger partial charge on any atom is -0.480 e. The highest BCUT2D eigenvalue weighted by Crippen LogP contribution is 2.19. The van der Waals surface area contributed by atoms with Gasteiger partial charge in [0.05, 0.1) is 6.20 Å². The zero-order valence-corrected chi connectivity index (χ0v) is 20.4. The number of aromatic nitrogens is 1. The van der Waals surface area contributed by atoms with Crippen molar-refractivity contribution in [2.75, 3.05) is 18.6 Å². The number of ether oxygens (including phenoxy) is 2. The Hall–Kier alpha value is -2.95. The summed E-state index contributed by atoms with van der Waals surface area (Å²) in [5.41, 5.74) is 0.822. The van der Waals surface area contributed by atoms with Gasteiger partial charge in [0.15, 0.2) is 6.10 Å². The Morgan fingerprint density at radius 2 is 2.03 bits per heavy atom. The molecule has 1 fully saturated rings. The third-order valence-electron chi connectivity index (χ3n) is 5.64. The van der Waals surface area contributed by atoms with Gasteiger partial charge in [-0.15, -0.1) is 0 Å². The molecule has 2 aromatic rings. The third-order valence-corrected chi connectivity index (χ3v) is 6.29. The van der Waals surface area contributed by atoms with Gasteiger partial charge in [0, 0.05) is 18.7 Å². The highest BCUT2D eigenvalue weighted by molar-refractivity contribution is 7.98. The lowest BCUT2D eigenvalue weighted by atomic mass is 10.0. The SMILES string of the molecule is CSCC[C@H](NC(=O)C(Cc1ccccc1)OC(C(=O)Oc1cccnc1)[C@@H]1CCCN1)C(=O)O. The number of benzene rings is 1. The van der Waals surface area contributed by atoms with Crippen LogP contribution >= 0.6 is 11.8 Å². The fourth-order valence-corrected chi connectivity index (χ4v) is 4.30. The molecule has 4 atom stereocenters. The van der Waals surface area contributed by atoms with Crippen LogP contribution in [0.25, 0.3) is 0 Å². The summed E-state index contributed by atoms with van der Waals surface area (Å²) in [6, 6.07) is 11.1. The summed E-state index contributed by atoms with van der Waals surface area (Å²) in [6.07, 6.45) is 4.69. The van der Waals surface area contributed by atoms with Gasteiger partial charge in [-0.2, -0.15) is 11.8 Å². The van der Waals surface area contributed by atoms with E-state index in [1.54, 1.807) is 18.3 Å². The molecule has 1 aliphatic heterocycles. The summed E-state index contributed by atoms with van der Waals surface area (Å²) >= 11 is 1.50. The van der Waals surface area contributed by atoms with Crippen molar-refractivity contribution < 1.29 is 29.0 Å². The number of hydrogen-bond donors (Lipinski definition) is 3. The average molecular weight is 502 g/mol. The molecule has 1 amide bonds. The van der Waals surface area contributed by atoms with Crippen LogP contribution in [0.5, 0.6) is 5.75 Å². The first-order chi connectivity index (χ1) is 17.0. The number of pyridine rings is 1. The van der Waals surface area contributed by atoms with E-state index in [1.165, 1.54) is 18.0 Å². The van der Waals surface area contributed by atoms with Gasteiger partial charge in [0.1, 0.15) is 17.9 Å². The second-order valence-electron chi connectivity index (χ2n) is 8.23. The first-order valence-corrected chi connectivity index (χ1v) is 12.9. The molecule has 3 rings (SSSR count). The second-order valence-corrected chi connectivity index (χ2v) is 9.21. The second kappa shape index (κ2) is 13.8. The monoisotopic (exact) mass is 501 g/mol. The lowest BCUT2D eigenvalue weighted by Gasteiger charge is -2.28. The number of hydrogen-bond acceptors (Lipinski definition) is 8. The van der Waals surface area contributed by atoms with Crippen LogP contribution in [0.2, 0.25) is 0 Å². The molecule has 9 nitrogen and oxygen atoms in total. The number of rotatable bonds is 13. The van der Waals surface area contributed by atoms with Gasteiger partial charge in [-0.1, -0.05) is 30.3 Å². The predicted molar refractivity (Wildman–Crippen MR) is 132 cm³/mol. The maximum absolute atomic E-state index is 13.3. The normalized spacial score (nSPS) is 17.8. The molecule has 0 bridgehead atoms. The molecule has 0 spiro atoms. The van der Waals surface area contributed by atoms with E-state index in [0.29, 0.717) is 12.2 Å². The number of carbonyl (C=O) groups is 3. The number of carboxylic acids is 1. The van der Waals surface area contributed by atoms with Crippen molar-refractivity contribution in [3.63, 3.8) is 0 Å². The molecule has 35 heavy (non-hydrogen) atoms. The van der Waals surface area contributed by atoms with Crippen LogP contribution in [0.15, 0.2) is 54.9 Å². The Morgan fingerprint density at radius 1 is 1.23 bits per heavy atom. The number of esters is 1. The molecular formula is C25H31N3O6S. The quantitative estimate of drug-likeness (QED) is 0.354. The van der Waals surface area contributed by atoms with E-state index in [1.807, 2.05) is 36.6 Å². The summed E-state index contributed by atoms with van der Waals surface area (Å²) in [5.74, 6) is -1.49. The molecule has 0 aliphatic carbocycles. The molecule has 0 radical (unpaired) electrons. The van der Waals surface area contributed by atoms with E-state index in [2.05, 4.69) is 15.6 Å². The number of carbonyl (C=O) groups excluding carboxylic acids is 2. The molecule has 1 aromatic heterocycles. The molecule has 1 saturated heterocycles. The van der Waals surface area contributed by atoms with E-state index >= 15 is 0 Å². The third kappa shape index (κ3) is 8.34. The van der Waals surface area contributed by atoms with Gasteiger partial charge in [0.2, 0.25) is 5.91 Å². The number of thioether (sulfide) groups is 1. The predicted octanol–water partition coefficient (Wildman–Crippen LogP) is 2.06. The Kier molecular flexibility index (Phi) is 10.5. The van der Waals surface area contributed by atoms with Crippen LogP contribution in [0.3, 0.4) is 0 Å². The molecule has 188 valence electrons. The van der Waals surface area contributed by atoms with Gasteiger partial charge in [-0.05, 0) is 55.5 Å². The molecule has 10 heteroatoms. The average Bonchev–Trinajstić information content (AvgIpc) is 3.39. The molecule has 0 saturated carbocycles. The summed E-state index contributed by atoms with van der Waals surface area (Å²) in [4.78, 5) is 42.1. The highest BCUT2D eigenvalue weighted by Gasteiger charge is 2.37. The van der Waals surface area contributed by atoms with E-state index < -0.39 is 36.1 Å². The van der Waals surface area contributed by atoms with Crippen LogP contribution in [0, 0.1) is 0 Å². The van der Waals surface area contributed by atoms with Crippen LogP contribution in [-0.2, 0) is 25.5 Å². The van der Waals surface area contributed by atoms with Crippen molar-refractivity contribution >= 4 is 29.6 Å². The number of nitrogens with zero attached hydrogens (tertiary/aromatic N) is 1. The molecule has 1 aromatic carbocycles. The van der Waals surface area contributed by atoms with E-state index in [0.717, 1.165) is 18.5 Å². The van der Waals surface area contributed by atoms with Gasteiger partial charge in [-0.3, -0.25) is 9.78 Å². The highest BCUT2D eigenvalue weighted by atomic mass is 32.2. The zero-order chi connectivity index (χ0) is 25.0. The molecule has 2 heterocycles. The first-order valence-electron chi connectivity index (χ1n) is 11.5. The minimum absolute atomic E-state index is 0.172. The van der Waals surface area contributed by atoms with E-state index in [9.17, 15) is 19.5 Å². The number of carboxylic acid groups (broad SMARTS) is 1. The lowest BCUT2D eigenvalue weighted by molar-refractivity contribution is -0.159. The maximum atomic E-state index is 13.3. The smallest absolute Gasteiger partial charge is 0.342 e. The Bertz CT molecular complexity index is 956. The minimum atomic E-state index is -1.11. The van der Waals surface area contributed by atoms with Crippen LogP contribution < -0.4 is 15.4 Å². The Morgan fingerprint density at radius 3 is 2.66 bits per heavy atom. The molecular weight excluding hydrogens is 470 g/mol. The fraction of sp³-hybridized carbons (Fsp3) is 0.440. The summed E-state index contributed by atoms with van der Waals surface area (Å²) in [7, 11) is 0. The largest absolute Gasteiger partial charge is 0.480 e. The van der Waals surface area contributed by atoms with Crippen molar-refractivity contribution in [1.82, 2.24) is 15.6 Å². The van der Waals surface area contributed by atoms with Crippen molar-refractivity contribution in [2.45, 2.75) is 50.0 Å². The maximum Gasteiger partial charge on any atom is 0.342 e. The molecule has 1 aliphatic rings. The first kappa shape index (κ1) is 26.7. The van der Waals surface area contributed by atoms with Crippen molar-refractivity contribution in [1.29, 1.82) is 0 Å². The van der Waals surface area contributed by atoms with Crippen LogP contribution in [0.1, 0.15) is 24.8 Å². The summed E-state index contributed by atoms with van der Waals surface area (Å²) in [5, 5.41) is 15.4. The summed E-state index contributed by atoms with van der Waals surface area (Å²) in [6.45, 7) is 0.718. The van der Waals surface area contributed by atoms with E-state index in [-0.39, 0.29) is 24.6 Å². The van der Waals surface area contributed by atoms with Gasteiger partial charge < -0.3 is 25.2 Å². The van der Waals surface area contributed by atoms with Crippen molar-refractivity contribution in [3.05, 3.63) is 60.4 Å². The zero-order valence-electron chi connectivity index (χ0n) is 19.6.